The summed E-state index contributed by atoms with van der Waals surface area (Å²) in [6, 6.07) is 16.2. The first-order valence-corrected chi connectivity index (χ1v) is 9.54. The van der Waals surface area contributed by atoms with Crippen LogP contribution in [-0.2, 0) is 4.79 Å². The molecule has 0 saturated heterocycles. The van der Waals surface area contributed by atoms with Crippen LogP contribution < -0.4 is 20.1 Å². The molecule has 2 aromatic carbocycles. The molecule has 0 aliphatic rings. The molecule has 3 aromatic rings. The topological polar surface area (TPSA) is 89.5 Å². The third kappa shape index (κ3) is 5.70. The second kappa shape index (κ2) is 10.1. The molecule has 0 saturated carbocycles. The lowest BCUT2D eigenvalue weighted by molar-refractivity contribution is -0.114. The van der Waals surface area contributed by atoms with E-state index in [9.17, 15) is 9.59 Å². The average molecular weight is 417 g/mol. The number of carbonyl (C=O) groups excluding carboxylic acids is 2. The zero-order chi connectivity index (χ0) is 22.2. The molecule has 0 bridgehead atoms. The van der Waals surface area contributed by atoms with E-state index in [1.165, 1.54) is 27.2 Å². The minimum Gasteiger partial charge on any atom is -0.493 e. The van der Waals surface area contributed by atoms with Gasteiger partial charge >= 0.3 is 0 Å². The average Bonchev–Trinajstić information content (AvgIpc) is 2.78. The standard InChI is InChI=1S/C24H23N3O4/c1-16(28)26-21-15-23(31-3)22(30-2)14-20(21)24(29)27-19-9-6-7-17(13-19)10-11-18-8-4-5-12-25-18/h4-15H,1-3H3,(H,26,28)(H,27,29). The van der Waals surface area contributed by atoms with E-state index in [2.05, 4.69) is 15.6 Å². The van der Waals surface area contributed by atoms with Gasteiger partial charge in [-0.15, -0.1) is 0 Å². The molecule has 31 heavy (non-hydrogen) atoms. The fourth-order valence-corrected chi connectivity index (χ4v) is 2.93. The molecule has 0 spiro atoms. The first kappa shape index (κ1) is 21.6. The van der Waals surface area contributed by atoms with Gasteiger partial charge in [0.2, 0.25) is 5.91 Å². The Morgan fingerprint density at radius 3 is 2.35 bits per heavy atom. The Balaban J connectivity index is 1.85. The van der Waals surface area contributed by atoms with Gasteiger partial charge < -0.3 is 20.1 Å². The van der Waals surface area contributed by atoms with Crippen LogP contribution in [0, 0.1) is 0 Å². The molecule has 0 aliphatic carbocycles. The molecule has 1 aromatic heterocycles. The molecular weight excluding hydrogens is 394 g/mol. The zero-order valence-electron chi connectivity index (χ0n) is 17.5. The van der Waals surface area contributed by atoms with Gasteiger partial charge in [0.25, 0.3) is 5.91 Å². The van der Waals surface area contributed by atoms with Crippen molar-refractivity contribution >= 4 is 35.3 Å². The van der Waals surface area contributed by atoms with Crippen LogP contribution in [0.15, 0.2) is 60.8 Å². The van der Waals surface area contributed by atoms with Crippen molar-refractivity contribution in [3.05, 3.63) is 77.6 Å². The number of benzene rings is 2. The van der Waals surface area contributed by atoms with Crippen LogP contribution >= 0.6 is 0 Å². The van der Waals surface area contributed by atoms with Gasteiger partial charge in [-0.3, -0.25) is 14.6 Å². The number of amides is 2. The van der Waals surface area contributed by atoms with Gasteiger partial charge in [-0.2, -0.15) is 0 Å². The van der Waals surface area contributed by atoms with E-state index in [1.807, 2.05) is 48.6 Å². The number of hydrogen-bond donors (Lipinski definition) is 2. The van der Waals surface area contributed by atoms with E-state index in [4.69, 9.17) is 9.47 Å². The van der Waals surface area contributed by atoms with E-state index in [0.717, 1.165) is 11.3 Å². The van der Waals surface area contributed by atoms with Crippen molar-refractivity contribution in [1.29, 1.82) is 0 Å². The van der Waals surface area contributed by atoms with Crippen LogP contribution in [0.5, 0.6) is 11.5 Å². The van der Waals surface area contributed by atoms with Gasteiger partial charge in [-0.05, 0) is 42.0 Å². The first-order valence-electron chi connectivity index (χ1n) is 9.54. The molecule has 7 nitrogen and oxygen atoms in total. The zero-order valence-corrected chi connectivity index (χ0v) is 17.5. The third-order valence-corrected chi connectivity index (χ3v) is 4.36. The van der Waals surface area contributed by atoms with Crippen molar-refractivity contribution in [2.24, 2.45) is 0 Å². The SMILES string of the molecule is COc1cc(NC(C)=O)c(C(=O)Nc2cccc(C=Cc3ccccn3)c2)cc1OC. The first-order chi connectivity index (χ1) is 15.0. The number of pyridine rings is 1. The highest BCUT2D eigenvalue weighted by Crippen LogP contribution is 2.34. The van der Waals surface area contributed by atoms with Gasteiger partial charge in [0, 0.05) is 24.9 Å². The highest BCUT2D eigenvalue weighted by molar-refractivity contribution is 6.10. The monoisotopic (exact) mass is 417 g/mol. The molecule has 158 valence electrons. The Labute approximate surface area is 180 Å². The Morgan fingerprint density at radius 1 is 0.903 bits per heavy atom. The summed E-state index contributed by atoms with van der Waals surface area (Å²) < 4.78 is 10.6. The normalized spacial score (nSPS) is 10.5. The second-order valence-corrected chi connectivity index (χ2v) is 6.60. The van der Waals surface area contributed by atoms with E-state index in [-0.39, 0.29) is 11.5 Å². The summed E-state index contributed by atoms with van der Waals surface area (Å²) in [6.45, 7) is 1.37. The number of ether oxygens (including phenoxy) is 2. The van der Waals surface area contributed by atoms with Crippen LogP contribution in [0.4, 0.5) is 11.4 Å². The molecule has 3 rings (SSSR count). The highest BCUT2D eigenvalue weighted by Gasteiger charge is 2.18. The minimum absolute atomic E-state index is 0.252. The van der Waals surface area contributed by atoms with Gasteiger partial charge in [-0.25, -0.2) is 0 Å². The lowest BCUT2D eigenvalue weighted by Crippen LogP contribution is -2.17. The number of carbonyl (C=O) groups is 2. The van der Waals surface area contributed by atoms with Crippen molar-refractivity contribution in [1.82, 2.24) is 4.98 Å². The maximum Gasteiger partial charge on any atom is 0.257 e. The summed E-state index contributed by atoms with van der Waals surface area (Å²) in [7, 11) is 2.97. The molecule has 0 aliphatic heterocycles. The number of hydrogen-bond acceptors (Lipinski definition) is 5. The molecule has 7 heteroatoms. The van der Waals surface area contributed by atoms with Crippen molar-refractivity contribution < 1.29 is 19.1 Å². The van der Waals surface area contributed by atoms with Gasteiger partial charge in [0.15, 0.2) is 11.5 Å². The van der Waals surface area contributed by atoms with Crippen molar-refractivity contribution in [2.45, 2.75) is 6.92 Å². The number of methoxy groups -OCH3 is 2. The Hall–Kier alpha value is -4.13. The summed E-state index contributed by atoms with van der Waals surface area (Å²) in [6.07, 6.45) is 5.54. The number of anilines is 2. The number of rotatable bonds is 7. The van der Waals surface area contributed by atoms with Crippen molar-refractivity contribution in [3.8, 4) is 11.5 Å². The molecule has 1 heterocycles. The predicted molar refractivity (Wildman–Crippen MR) is 121 cm³/mol. The molecule has 0 radical (unpaired) electrons. The smallest absolute Gasteiger partial charge is 0.257 e. The van der Waals surface area contributed by atoms with Crippen LogP contribution in [0.3, 0.4) is 0 Å². The van der Waals surface area contributed by atoms with Crippen LogP contribution in [0.2, 0.25) is 0 Å². The number of nitrogens with zero attached hydrogens (tertiary/aromatic N) is 1. The second-order valence-electron chi connectivity index (χ2n) is 6.60. The molecule has 0 fully saturated rings. The van der Waals surface area contributed by atoms with Gasteiger partial charge in [0.05, 0.1) is 31.2 Å². The molecule has 0 unspecified atom stereocenters. The predicted octanol–water partition coefficient (Wildman–Crippen LogP) is 4.48. The van der Waals surface area contributed by atoms with Crippen LogP contribution in [0.25, 0.3) is 12.2 Å². The summed E-state index contributed by atoms with van der Waals surface area (Å²) >= 11 is 0. The largest absolute Gasteiger partial charge is 0.493 e. The quantitative estimate of drug-likeness (QED) is 0.592. The van der Waals surface area contributed by atoms with E-state index in [1.54, 1.807) is 18.3 Å². The summed E-state index contributed by atoms with van der Waals surface area (Å²) in [5.74, 6) is 0.0942. The fourth-order valence-electron chi connectivity index (χ4n) is 2.93. The molecule has 0 atom stereocenters. The van der Waals surface area contributed by atoms with E-state index in [0.29, 0.717) is 22.9 Å². The molecule has 2 amide bonds. The van der Waals surface area contributed by atoms with Crippen LogP contribution in [-0.4, -0.2) is 31.0 Å². The Kier molecular flexibility index (Phi) is 7.01. The van der Waals surface area contributed by atoms with Crippen LogP contribution in [0.1, 0.15) is 28.5 Å². The fraction of sp³-hybridized carbons (Fsp3) is 0.125. The van der Waals surface area contributed by atoms with E-state index >= 15 is 0 Å². The lowest BCUT2D eigenvalue weighted by Gasteiger charge is -2.15. The summed E-state index contributed by atoms with van der Waals surface area (Å²) in [4.78, 5) is 28.8. The van der Waals surface area contributed by atoms with Crippen molar-refractivity contribution in [2.75, 3.05) is 24.9 Å². The molecular formula is C24H23N3O4. The maximum atomic E-state index is 13.0. The molecule has 2 N–H and O–H groups in total. The van der Waals surface area contributed by atoms with Gasteiger partial charge in [-0.1, -0.05) is 24.3 Å². The minimum atomic E-state index is -0.393. The van der Waals surface area contributed by atoms with Gasteiger partial charge in [0.1, 0.15) is 0 Å². The Bertz CT molecular complexity index is 1110. The Morgan fingerprint density at radius 2 is 1.68 bits per heavy atom. The maximum absolute atomic E-state index is 13.0. The third-order valence-electron chi connectivity index (χ3n) is 4.36. The number of nitrogens with one attached hydrogen (secondary N) is 2. The summed E-state index contributed by atoms with van der Waals surface area (Å²) in [5.41, 5.74) is 2.92. The number of aromatic nitrogens is 1. The lowest BCUT2D eigenvalue weighted by atomic mass is 10.1. The highest BCUT2D eigenvalue weighted by atomic mass is 16.5. The summed E-state index contributed by atoms with van der Waals surface area (Å²) in [5, 5.41) is 5.53. The van der Waals surface area contributed by atoms with E-state index < -0.39 is 5.91 Å². The van der Waals surface area contributed by atoms with Crippen molar-refractivity contribution in [3.63, 3.8) is 0 Å².